The van der Waals surface area contributed by atoms with Crippen LogP contribution in [0.15, 0.2) is 4.90 Å². The number of anilines is 2. The molecule has 0 aromatic carbocycles. The first-order valence-corrected chi connectivity index (χ1v) is 7.41. The molecule has 1 aromatic rings. The smallest absolute Gasteiger partial charge is 0.153 e. The molecule has 4 N–H and O–H groups in total. The van der Waals surface area contributed by atoms with Crippen LogP contribution in [0.3, 0.4) is 0 Å². The van der Waals surface area contributed by atoms with Gasteiger partial charge in [0.25, 0.3) is 0 Å². The van der Waals surface area contributed by atoms with Gasteiger partial charge >= 0.3 is 0 Å². The molecule has 0 amide bonds. The van der Waals surface area contributed by atoms with Gasteiger partial charge in [-0.1, -0.05) is 0 Å². The van der Waals surface area contributed by atoms with Gasteiger partial charge < -0.3 is 16.2 Å². The molecule has 2 atom stereocenters. The zero-order valence-corrected chi connectivity index (χ0v) is 10.9. The molecule has 1 aliphatic rings. The van der Waals surface area contributed by atoms with Crippen molar-refractivity contribution in [2.45, 2.75) is 30.3 Å². The van der Waals surface area contributed by atoms with Crippen molar-refractivity contribution in [3.63, 3.8) is 0 Å². The van der Waals surface area contributed by atoms with E-state index in [2.05, 4.69) is 9.69 Å². The van der Waals surface area contributed by atoms with E-state index in [4.69, 9.17) is 5.73 Å². The molecule has 1 aliphatic carbocycles. The number of thioether (sulfide) groups is 1. The second kappa shape index (κ2) is 5.25. The number of aliphatic hydroxyl groups excluding tert-OH is 1. The van der Waals surface area contributed by atoms with Gasteiger partial charge in [0.2, 0.25) is 0 Å². The van der Waals surface area contributed by atoms with Crippen molar-refractivity contribution in [1.82, 2.24) is 4.37 Å². The normalized spacial score (nSPS) is 24.9. The molecule has 4 nitrogen and oxygen atoms in total. The lowest BCUT2D eigenvalue weighted by Gasteiger charge is -2.11. The summed E-state index contributed by atoms with van der Waals surface area (Å²) >= 11 is 3.04. The Kier molecular flexibility index (Phi) is 3.94. The van der Waals surface area contributed by atoms with E-state index in [9.17, 15) is 5.11 Å². The zero-order valence-electron chi connectivity index (χ0n) is 9.27. The van der Waals surface area contributed by atoms with Crippen molar-refractivity contribution >= 4 is 34.1 Å². The molecule has 0 bridgehead atoms. The molecule has 1 heterocycles. The van der Waals surface area contributed by atoms with E-state index >= 15 is 0 Å². The molecule has 90 valence electrons. The van der Waals surface area contributed by atoms with Gasteiger partial charge in [-0.25, -0.2) is 0 Å². The summed E-state index contributed by atoms with van der Waals surface area (Å²) < 4.78 is 4.13. The molecule has 0 radical (unpaired) electrons. The third kappa shape index (κ3) is 2.61. The van der Waals surface area contributed by atoms with Gasteiger partial charge in [-0.2, -0.15) is 4.37 Å². The van der Waals surface area contributed by atoms with E-state index in [0.29, 0.717) is 11.7 Å². The van der Waals surface area contributed by atoms with Crippen LogP contribution >= 0.6 is 23.3 Å². The van der Waals surface area contributed by atoms with Crippen LogP contribution in [0.2, 0.25) is 0 Å². The highest BCUT2D eigenvalue weighted by molar-refractivity contribution is 7.99. The zero-order chi connectivity index (χ0) is 11.5. The minimum absolute atomic E-state index is 0.0987. The highest BCUT2D eigenvalue weighted by Crippen LogP contribution is 2.35. The second-order valence-electron chi connectivity index (χ2n) is 4.14. The number of nitrogen functional groups attached to an aromatic ring is 1. The Morgan fingerprint density at radius 1 is 1.62 bits per heavy atom. The highest BCUT2D eigenvalue weighted by Gasteiger charge is 2.23. The molecule has 2 unspecified atom stereocenters. The van der Waals surface area contributed by atoms with Gasteiger partial charge in [0.15, 0.2) is 5.82 Å². The third-order valence-corrected chi connectivity index (χ3v) is 4.71. The number of nitrogens with zero attached hydrogens (tertiary/aromatic N) is 1. The quantitative estimate of drug-likeness (QED) is 0.722. The van der Waals surface area contributed by atoms with Gasteiger partial charge in [0.05, 0.1) is 11.0 Å². The minimum atomic E-state index is -0.0987. The summed E-state index contributed by atoms with van der Waals surface area (Å²) in [6.45, 7) is 0.909. The molecule has 16 heavy (non-hydrogen) atoms. The first-order chi connectivity index (χ1) is 7.70. The molecule has 1 fully saturated rings. The largest absolute Gasteiger partial charge is 0.393 e. The number of nitrogens with two attached hydrogens (primary N) is 1. The Labute approximate surface area is 104 Å². The van der Waals surface area contributed by atoms with Crippen LogP contribution in [0.25, 0.3) is 0 Å². The molecule has 1 aromatic heterocycles. The summed E-state index contributed by atoms with van der Waals surface area (Å²) in [6, 6.07) is 0. The Bertz CT molecular complexity index is 356. The Morgan fingerprint density at radius 2 is 2.44 bits per heavy atom. The van der Waals surface area contributed by atoms with E-state index in [1.807, 2.05) is 6.26 Å². The lowest BCUT2D eigenvalue weighted by atomic mass is 10.1. The second-order valence-corrected chi connectivity index (χ2v) is 5.73. The fraction of sp³-hybridized carbons (Fsp3) is 0.700. The SMILES string of the molecule is CSc1c(N)nsc1NCC1CCC(O)C1. The minimum Gasteiger partial charge on any atom is -0.393 e. The van der Waals surface area contributed by atoms with E-state index in [-0.39, 0.29) is 6.10 Å². The molecule has 0 spiro atoms. The maximum absolute atomic E-state index is 9.44. The van der Waals surface area contributed by atoms with E-state index in [1.165, 1.54) is 11.5 Å². The number of nitrogens with one attached hydrogen (secondary N) is 1. The van der Waals surface area contributed by atoms with Crippen molar-refractivity contribution < 1.29 is 5.11 Å². The maximum atomic E-state index is 9.44. The maximum Gasteiger partial charge on any atom is 0.153 e. The van der Waals surface area contributed by atoms with Gasteiger partial charge in [0, 0.05) is 6.54 Å². The summed E-state index contributed by atoms with van der Waals surface area (Å²) in [6.07, 6.45) is 4.86. The predicted molar refractivity (Wildman–Crippen MR) is 70.1 cm³/mol. The topological polar surface area (TPSA) is 71.2 Å². The van der Waals surface area contributed by atoms with Crippen LogP contribution in [0.4, 0.5) is 10.8 Å². The predicted octanol–water partition coefficient (Wildman–Crippen LogP) is 2.02. The van der Waals surface area contributed by atoms with Gasteiger partial charge in [-0.05, 0) is 43.0 Å². The molecule has 0 saturated heterocycles. The number of rotatable bonds is 4. The summed E-state index contributed by atoms with van der Waals surface area (Å²) in [7, 11) is 0. The Morgan fingerprint density at radius 3 is 3.06 bits per heavy atom. The van der Waals surface area contributed by atoms with Crippen LogP contribution in [0.5, 0.6) is 0 Å². The number of aliphatic hydroxyl groups is 1. The van der Waals surface area contributed by atoms with Gasteiger partial charge in [0.1, 0.15) is 5.00 Å². The number of hydrogen-bond acceptors (Lipinski definition) is 6. The van der Waals surface area contributed by atoms with Gasteiger partial charge in [-0.15, -0.1) is 11.8 Å². The number of hydrogen-bond donors (Lipinski definition) is 3. The Hall–Kier alpha value is -0.460. The van der Waals surface area contributed by atoms with Crippen LogP contribution in [-0.4, -0.2) is 28.4 Å². The molecule has 2 rings (SSSR count). The summed E-state index contributed by atoms with van der Waals surface area (Å²) in [5.74, 6) is 1.19. The van der Waals surface area contributed by atoms with Crippen molar-refractivity contribution in [3.8, 4) is 0 Å². The van der Waals surface area contributed by atoms with Gasteiger partial charge in [-0.3, -0.25) is 0 Å². The number of aromatic nitrogens is 1. The molecular weight excluding hydrogens is 242 g/mol. The van der Waals surface area contributed by atoms with Crippen LogP contribution < -0.4 is 11.1 Å². The fourth-order valence-electron chi connectivity index (χ4n) is 2.07. The monoisotopic (exact) mass is 259 g/mol. The van der Waals surface area contributed by atoms with Crippen molar-refractivity contribution in [1.29, 1.82) is 0 Å². The Balaban J connectivity index is 1.89. The first kappa shape index (κ1) is 12.0. The summed E-state index contributed by atoms with van der Waals surface area (Å²) in [4.78, 5) is 1.04. The molecular formula is C10H17N3OS2. The third-order valence-electron chi connectivity index (χ3n) is 2.94. The fourth-order valence-corrected chi connectivity index (χ4v) is 3.62. The van der Waals surface area contributed by atoms with Crippen LogP contribution in [0, 0.1) is 5.92 Å². The first-order valence-electron chi connectivity index (χ1n) is 5.41. The lowest BCUT2D eigenvalue weighted by molar-refractivity contribution is 0.178. The molecule has 1 saturated carbocycles. The standard InChI is InChI=1S/C10H17N3OS2/c1-15-8-9(11)13-16-10(8)12-5-6-2-3-7(14)4-6/h6-7,12,14H,2-5H2,1H3,(H2,11,13). The lowest BCUT2D eigenvalue weighted by Crippen LogP contribution is -2.12. The van der Waals surface area contributed by atoms with Crippen LogP contribution in [-0.2, 0) is 0 Å². The van der Waals surface area contributed by atoms with Crippen LogP contribution in [0.1, 0.15) is 19.3 Å². The summed E-state index contributed by atoms with van der Waals surface area (Å²) in [5.41, 5.74) is 5.76. The van der Waals surface area contributed by atoms with E-state index in [0.717, 1.165) is 35.7 Å². The van der Waals surface area contributed by atoms with E-state index < -0.39 is 0 Å². The average molecular weight is 259 g/mol. The molecule has 6 heteroatoms. The van der Waals surface area contributed by atoms with E-state index in [1.54, 1.807) is 11.8 Å². The average Bonchev–Trinajstić information content (AvgIpc) is 2.82. The van der Waals surface area contributed by atoms with Crippen molar-refractivity contribution in [2.24, 2.45) is 5.92 Å². The summed E-state index contributed by atoms with van der Waals surface area (Å²) in [5, 5.41) is 13.9. The molecule has 0 aliphatic heterocycles. The van der Waals surface area contributed by atoms with Crippen molar-refractivity contribution in [3.05, 3.63) is 0 Å². The van der Waals surface area contributed by atoms with Crippen molar-refractivity contribution in [2.75, 3.05) is 23.9 Å². The highest BCUT2D eigenvalue weighted by atomic mass is 32.2.